The van der Waals surface area contributed by atoms with Crippen LogP contribution in [0.15, 0.2) is 36.7 Å². The minimum atomic E-state index is -0.575. The van der Waals surface area contributed by atoms with Crippen molar-refractivity contribution in [1.82, 2.24) is 39.0 Å². The SMILES string of the molecule is Fc1ncc2n1c1ccccc1c1nnc(-n3nncc3C3CC3)n12. The van der Waals surface area contributed by atoms with Crippen LogP contribution in [0.4, 0.5) is 4.39 Å². The molecule has 0 bridgehead atoms. The van der Waals surface area contributed by atoms with E-state index in [0.717, 1.165) is 23.9 Å². The van der Waals surface area contributed by atoms with Gasteiger partial charge < -0.3 is 0 Å². The summed E-state index contributed by atoms with van der Waals surface area (Å²) in [6.45, 7) is 0. The maximum absolute atomic E-state index is 14.4. The number of rotatable bonds is 2. The molecular formula is C16H11FN8. The van der Waals surface area contributed by atoms with Crippen LogP contribution in [0.1, 0.15) is 24.5 Å². The van der Waals surface area contributed by atoms with Crippen LogP contribution in [-0.2, 0) is 0 Å². The van der Waals surface area contributed by atoms with Crippen molar-refractivity contribution >= 4 is 22.2 Å². The first-order valence-electron chi connectivity index (χ1n) is 8.02. The fourth-order valence-corrected chi connectivity index (χ4v) is 3.41. The molecule has 6 rings (SSSR count). The molecule has 0 atom stereocenters. The molecule has 0 spiro atoms. The maximum atomic E-state index is 14.4. The largest absolute Gasteiger partial charge is 0.295 e. The summed E-state index contributed by atoms with van der Waals surface area (Å²) >= 11 is 0. The quantitative estimate of drug-likeness (QED) is 0.494. The highest BCUT2D eigenvalue weighted by molar-refractivity contribution is 5.94. The first-order valence-corrected chi connectivity index (χ1v) is 8.02. The van der Waals surface area contributed by atoms with E-state index in [-0.39, 0.29) is 0 Å². The molecule has 0 amide bonds. The van der Waals surface area contributed by atoms with Crippen molar-refractivity contribution in [3.8, 4) is 5.95 Å². The first kappa shape index (κ1) is 13.0. The number of fused-ring (bicyclic) bond motifs is 6. The van der Waals surface area contributed by atoms with E-state index in [2.05, 4.69) is 25.5 Å². The normalized spacial score (nSPS) is 14.9. The fourth-order valence-electron chi connectivity index (χ4n) is 3.41. The Kier molecular flexibility index (Phi) is 2.28. The lowest BCUT2D eigenvalue weighted by Gasteiger charge is -2.08. The molecule has 25 heavy (non-hydrogen) atoms. The molecule has 1 fully saturated rings. The van der Waals surface area contributed by atoms with Crippen LogP contribution < -0.4 is 0 Å². The third kappa shape index (κ3) is 1.61. The number of benzene rings is 1. The Morgan fingerprint density at radius 2 is 1.92 bits per heavy atom. The molecule has 4 heterocycles. The summed E-state index contributed by atoms with van der Waals surface area (Å²) in [5.74, 6) is 0.936. The van der Waals surface area contributed by atoms with E-state index in [1.54, 1.807) is 15.3 Å². The van der Waals surface area contributed by atoms with E-state index in [1.807, 2.05) is 24.3 Å². The third-order valence-corrected chi connectivity index (χ3v) is 4.72. The molecule has 0 unspecified atom stereocenters. The van der Waals surface area contributed by atoms with Gasteiger partial charge in [0.05, 0.1) is 23.6 Å². The molecule has 9 heteroatoms. The Labute approximate surface area is 139 Å². The first-order chi connectivity index (χ1) is 12.3. The summed E-state index contributed by atoms with van der Waals surface area (Å²) in [5, 5.41) is 17.7. The average molecular weight is 334 g/mol. The van der Waals surface area contributed by atoms with Crippen molar-refractivity contribution in [1.29, 1.82) is 0 Å². The molecule has 0 saturated heterocycles. The van der Waals surface area contributed by atoms with Gasteiger partial charge in [0.25, 0.3) is 12.0 Å². The van der Waals surface area contributed by atoms with Gasteiger partial charge in [-0.25, -0.2) is 9.38 Å². The van der Waals surface area contributed by atoms with Crippen LogP contribution in [0.3, 0.4) is 0 Å². The van der Waals surface area contributed by atoms with Gasteiger partial charge in [0.15, 0.2) is 5.65 Å². The van der Waals surface area contributed by atoms with Gasteiger partial charge in [-0.15, -0.1) is 15.3 Å². The Bertz CT molecular complexity index is 1280. The predicted molar refractivity (Wildman–Crippen MR) is 86.1 cm³/mol. The highest BCUT2D eigenvalue weighted by atomic mass is 19.1. The predicted octanol–water partition coefficient (Wildman–Crippen LogP) is 2.13. The van der Waals surface area contributed by atoms with Crippen LogP contribution in [0.2, 0.25) is 0 Å². The van der Waals surface area contributed by atoms with E-state index in [4.69, 9.17) is 0 Å². The molecule has 5 aromatic rings. The minimum Gasteiger partial charge on any atom is -0.253 e. The summed E-state index contributed by atoms with van der Waals surface area (Å²) in [6.07, 6.45) is 4.89. The van der Waals surface area contributed by atoms with Gasteiger partial charge in [-0.2, -0.15) is 9.07 Å². The lowest BCUT2D eigenvalue weighted by molar-refractivity contribution is 0.539. The highest BCUT2D eigenvalue weighted by Gasteiger charge is 2.30. The van der Waals surface area contributed by atoms with Gasteiger partial charge in [-0.3, -0.25) is 4.40 Å². The molecule has 1 aliphatic carbocycles. The number of nitrogens with zero attached hydrogens (tertiary/aromatic N) is 8. The highest BCUT2D eigenvalue weighted by Crippen LogP contribution is 2.40. The standard InChI is InChI=1S/C16H11FN8/c17-15-18-8-13-23(15)11-4-2-1-3-10(11)14-20-21-16(24(13)14)25-12(7-19-22-25)9-5-6-9/h1-4,7-9H,5-6H2. The topological polar surface area (TPSA) is 78.2 Å². The summed E-state index contributed by atoms with van der Waals surface area (Å²) in [5.41, 5.74) is 2.87. The fraction of sp³-hybridized carbons (Fsp3) is 0.188. The zero-order valence-electron chi connectivity index (χ0n) is 12.9. The van der Waals surface area contributed by atoms with E-state index < -0.39 is 6.08 Å². The van der Waals surface area contributed by atoms with E-state index in [1.165, 1.54) is 10.6 Å². The third-order valence-electron chi connectivity index (χ3n) is 4.72. The van der Waals surface area contributed by atoms with Crippen LogP contribution >= 0.6 is 0 Å². The zero-order chi connectivity index (χ0) is 16.5. The molecule has 8 nitrogen and oxygen atoms in total. The molecule has 0 N–H and O–H groups in total. The van der Waals surface area contributed by atoms with Gasteiger partial charge in [-0.05, 0) is 25.0 Å². The molecule has 1 saturated carbocycles. The van der Waals surface area contributed by atoms with Crippen LogP contribution in [-0.4, -0.2) is 39.0 Å². The number of imidazole rings is 1. The summed E-state index contributed by atoms with van der Waals surface area (Å²) in [6, 6.07) is 7.48. The monoisotopic (exact) mass is 334 g/mol. The Morgan fingerprint density at radius 3 is 2.80 bits per heavy atom. The zero-order valence-corrected chi connectivity index (χ0v) is 12.9. The van der Waals surface area contributed by atoms with Crippen molar-refractivity contribution in [2.45, 2.75) is 18.8 Å². The second kappa shape index (κ2) is 4.38. The summed E-state index contributed by atoms with van der Waals surface area (Å²) in [4.78, 5) is 3.84. The second-order valence-electron chi connectivity index (χ2n) is 6.24. The lowest BCUT2D eigenvalue weighted by Crippen LogP contribution is -2.08. The number of aromatic nitrogens is 8. The van der Waals surface area contributed by atoms with Crippen molar-refractivity contribution < 1.29 is 4.39 Å². The molecule has 1 aromatic carbocycles. The number of hydrogen-bond donors (Lipinski definition) is 0. The minimum absolute atomic E-state index is 0.445. The number of para-hydroxylation sites is 1. The smallest absolute Gasteiger partial charge is 0.253 e. The summed E-state index contributed by atoms with van der Waals surface area (Å²) in [7, 11) is 0. The Morgan fingerprint density at radius 1 is 1.04 bits per heavy atom. The molecule has 0 radical (unpaired) electrons. The molecular weight excluding hydrogens is 323 g/mol. The average Bonchev–Trinajstić information content (AvgIpc) is 3.05. The molecule has 122 valence electrons. The maximum Gasteiger partial charge on any atom is 0.295 e. The van der Waals surface area contributed by atoms with Crippen molar-refractivity contribution in [2.75, 3.05) is 0 Å². The lowest BCUT2D eigenvalue weighted by atomic mass is 10.2. The summed E-state index contributed by atoms with van der Waals surface area (Å²) < 4.78 is 19.3. The van der Waals surface area contributed by atoms with Gasteiger partial charge >= 0.3 is 0 Å². The van der Waals surface area contributed by atoms with E-state index in [9.17, 15) is 4.39 Å². The van der Waals surface area contributed by atoms with Crippen LogP contribution in [0.5, 0.6) is 0 Å². The van der Waals surface area contributed by atoms with Crippen molar-refractivity contribution in [2.24, 2.45) is 0 Å². The number of halogens is 1. The van der Waals surface area contributed by atoms with Gasteiger partial charge in [0, 0.05) is 11.3 Å². The Balaban J connectivity index is 1.81. The van der Waals surface area contributed by atoms with Crippen molar-refractivity contribution in [3.63, 3.8) is 0 Å². The van der Waals surface area contributed by atoms with Crippen LogP contribution in [0.25, 0.3) is 28.1 Å². The van der Waals surface area contributed by atoms with Crippen LogP contribution in [0, 0.1) is 6.08 Å². The second-order valence-corrected chi connectivity index (χ2v) is 6.24. The molecule has 4 aromatic heterocycles. The van der Waals surface area contributed by atoms with Gasteiger partial charge in [-0.1, -0.05) is 17.3 Å². The molecule has 1 aliphatic rings. The van der Waals surface area contributed by atoms with Gasteiger partial charge in [0.2, 0.25) is 0 Å². The molecule has 0 aliphatic heterocycles. The van der Waals surface area contributed by atoms with Gasteiger partial charge in [0.1, 0.15) is 5.65 Å². The van der Waals surface area contributed by atoms with E-state index >= 15 is 0 Å². The Hall–Kier alpha value is -3.36. The number of hydrogen-bond acceptors (Lipinski definition) is 5. The van der Waals surface area contributed by atoms with Crippen molar-refractivity contribution in [3.05, 3.63) is 48.4 Å². The van der Waals surface area contributed by atoms with E-state index in [0.29, 0.717) is 28.7 Å².